The molecule has 2 nitrogen and oxygen atoms in total. The number of hydrogen-bond donors (Lipinski definition) is 0. The first-order valence-electron chi connectivity index (χ1n) is 6.49. The molecule has 0 saturated heterocycles. The van der Waals surface area contributed by atoms with Crippen LogP contribution in [0, 0.1) is 0 Å². The van der Waals surface area contributed by atoms with Crippen LogP contribution in [0.5, 0.6) is 0 Å². The van der Waals surface area contributed by atoms with E-state index in [0.29, 0.717) is 4.83 Å². The first-order chi connectivity index (χ1) is 9.20. The molecular formula is C16H20BrNO. The lowest BCUT2D eigenvalue weighted by molar-refractivity contribution is 0.185. The molecule has 19 heavy (non-hydrogen) atoms. The van der Waals surface area contributed by atoms with E-state index in [1.165, 1.54) is 16.3 Å². The third-order valence-electron chi connectivity index (χ3n) is 3.18. The lowest BCUT2D eigenvalue weighted by Gasteiger charge is -2.20. The van der Waals surface area contributed by atoms with E-state index >= 15 is 0 Å². The molecule has 1 atom stereocenters. The maximum Gasteiger partial charge on any atom is 0.0600 e. The highest BCUT2D eigenvalue weighted by atomic mass is 79.9. The zero-order valence-corrected chi connectivity index (χ0v) is 13.1. The van der Waals surface area contributed by atoms with Crippen LogP contribution in [0.15, 0.2) is 42.5 Å². The lowest BCUT2D eigenvalue weighted by Crippen LogP contribution is -2.28. The molecule has 102 valence electrons. The van der Waals surface area contributed by atoms with Crippen LogP contribution in [0.1, 0.15) is 5.56 Å². The molecule has 0 aliphatic carbocycles. The van der Waals surface area contributed by atoms with Gasteiger partial charge in [-0.05, 0) is 23.4 Å². The summed E-state index contributed by atoms with van der Waals surface area (Å²) >= 11 is 3.64. The number of benzene rings is 2. The molecule has 0 N–H and O–H groups in total. The van der Waals surface area contributed by atoms with Gasteiger partial charge in [-0.25, -0.2) is 0 Å². The standard InChI is InChI=1S/C16H20BrNO/c1-18(11-15(17)12-19-2)10-14-8-5-7-13-6-3-4-9-16(13)14/h3-9,15H,10-12H2,1-2H3. The Hall–Kier alpha value is -0.900. The molecule has 3 heteroatoms. The molecule has 0 radical (unpaired) electrons. The summed E-state index contributed by atoms with van der Waals surface area (Å²) in [6.45, 7) is 2.66. The average Bonchev–Trinajstić information content (AvgIpc) is 2.39. The number of fused-ring (bicyclic) bond motifs is 1. The number of alkyl halides is 1. The minimum absolute atomic E-state index is 0.373. The molecule has 0 fully saturated rings. The number of methoxy groups -OCH3 is 1. The van der Waals surface area contributed by atoms with Crippen molar-refractivity contribution in [2.24, 2.45) is 0 Å². The van der Waals surface area contributed by atoms with Crippen molar-refractivity contribution in [2.45, 2.75) is 11.4 Å². The summed E-state index contributed by atoms with van der Waals surface area (Å²) in [7, 11) is 3.88. The lowest BCUT2D eigenvalue weighted by atomic mass is 10.0. The van der Waals surface area contributed by atoms with E-state index in [9.17, 15) is 0 Å². The van der Waals surface area contributed by atoms with Crippen molar-refractivity contribution in [3.63, 3.8) is 0 Å². The number of rotatable bonds is 6. The van der Waals surface area contributed by atoms with Crippen LogP contribution in [-0.4, -0.2) is 37.0 Å². The SMILES string of the molecule is COCC(Br)CN(C)Cc1cccc2ccccc12. The van der Waals surface area contributed by atoms with Crippen LogP contribution in [-0.2, 0) is 11.3 Å². The van der Waals surface area contributed by atoms with Gasteiger partial charge < -0.3 is 9.64 Å². The van der Waals surface area contributed by atoms with E-state index in [1.54, 1.807) is 7.11 Å². The highest BCUT2D eigenvalue weighted by Gasteiger charge is 2.09. The Balaban J connectivity index is 2.08. The Kier molecular flexibility index (Phi) is 5.37. The smallest absolute Gasteiger partial charge is 0.0600 e. The van der Waals surface area contributed by atoms with Gasteiger partial charge in [-0.1, -0.05) is 58.4 Å². The van der Waals surface area contributed by atoms with Gasteiger partial charge in [0.1, 0.15) is 0 Å². The summed E-state index contributed by atoms with van der Waals surface area (Å²) in [6, 6.07) is 15.0. The van der Waals surface area contributed by atoms with E-state index in [2.05, 4.69) is 70.3 Å². The summed E-state index contributed by atoms with van der Waals surface area (Å²) in [4.78, 5) is 2.69. The van der Waals surface area contributed by atoms with Crippen LogP contribution >= 0.6 is 15.9 Å². The second-order valence-electron chi connectivity index (χ2n) is 4.89. The molecular weight excluding hydrogens is 302 g/mol. The van der Waals surface area contributed by atoms with Crippen LogP contribution in [0.25, 0.3) is 10.8 Å². The van der Waals surface area contributed by atoms with Gasteiger partial charge in [-0.3, -0.25) is 0 Å². The molecule has 1 unspecified atom stereocenters. The molecule has 0 spiro atoms. The molecule has 0 aliphatic rings. The molecule has 0 aromatic heterocycles. The summed E-state index contributed by atoms with van der Waals surface area (Å²) in [5, 5.41) is 2.65. The quantitative estimate of drug-likeness (QED) is 0.752. The Morgan fingerprint density at radius 1 is 1.16 bits per heavy atom. The Labute approximate surface area is 123 Å². The summed E-state index contributed by atoms with van der Waals surface area (Å²) < 4.78 is 5.15. The number of ether oxygens (including phenoxy) is 1. The second kappa shape index (κ2) is 7.04. The Morgan fingerprint density at radius 3 is 2.68 bits per heavy atom. The fourth-order valence-electron chi connectivity index (χ4n) is 2.36. The summed E-state index contributed by atoms with van der Waals surface area (Å²) in [5.41, 5.74) is 1.37. The summed E-state index contributed by atoms with van der Waals surface area (Å²) in [5.74, 6) is 0. The minimum atomic E-state index is 0.373. The molecule has 2 aromatic rings. The number of hydrogen-bond acceptors (Lipinski definition) is 2. The van der Waals surface area contributed by atoms with Gasteiger partial charge >= 0.3 is 0 Å². The van der Waals surface area contributed by atoms with Gasteiger partial charge in [0.15, 0.2) is 0 Å². The highest BCUT2D eigenvalue weighted by molar-refractivity contribution is 9.09. The average molecular weight is 322 g/mol. The largest absolute Gasteiger partial charge is 0.383 e. The van der Waals surface area contributed by atoms with Crippen molar-refractivity contribution in [1.82, 2.24) is 4.90 Å². The highest BCUT2D eigenvalue weighted by Crippen LogP contribution is 2.19. The first-order valence-corrected chi connectivity index (χ1v) is 7.40. The van der Waals surface area contributed by atoms with Crippen molar-refractivity contribution in [1.29, 1.82) is 0 Å². The van der Waals surface area contributed by atoms with Gasteiger partial charge in [-0.15, -0.1) is 0 Å². The van der Waals surface area contributed by atoms with Crippen LogP contribution < -0.4 is 0 Å². The monoisotopic (exact) mass is 321 g/mol. The van der Waals surface area contributed by atoms with Crippen molar-refractivity contribution >= 4 is 26.7 Å². The summed E-state index contributed by atoms with van der Waals surface area (Å²) in [6.07, 6.45) is 0. The predicted molar refractivity (Wildman–Crippen MR) is 84.9 cm³/mol. The fourth-order valence-corrected chi connectivity index (χ4v) is 3.12. The van der Waals surface area contributed by atoms with E-state index in [0.717, 1.165) is 19.7 Å². The predicted octanol–water partition coefficient (Wildman–Crippen LogP) is 3.68. The zero-order valence-electron chi connectivity index (χ0n) is 11.5. The second-order valence-corrected chi connectivity index (χ2v) is 6.18. The molecule has 0 saturated carbocycles. The number of halogens is 1. The molecule has 0 amide bonds. The maximum atomic E-state index is 5.15. The van der Waals surface area contributed by atoms with Gasteiger partial charge in [0.25, 0.3) is 0 Å². The molecule has 0 bridgehead atoms. The zero-order chi connectivity index (χ0) is 13.7. The van der Waals surface area contributed by atoms with E-state index in [4.69, 9.17) is 4.74 Å². The van der Waals surface area contributed by atoms with E-state index in [-0.39, 0.29) is 0 Å². The fraction of sp³-hybridized carbons (Fsp3) is 0.375. The van der Waals surface area contributed by atoms with Gasteiger partial charge in [0, 0.05) is 20.2 Å². The van der Waals surface area contributed by atoms with Gasteiger partial charge in [-0.2, -0.15) is 0 Å². The van der Waals surface area contributed by atoms with Crippen molar-refractivity contribution in [2.75, 3.05) is 27.3 Å². The first kappa shape index (κ1) is 14.5. The van der Waals surface area contributed by atoms with Crippen LogP contribution in [0.4, 0.5) is 0 Å². The van der Waals surface area contributed by atoms with Crippen molar-refractivity contribution in [3.8, 4) is 0 Å². The third kappa shape index (κ3) is 4.03. The third-order valence-corrected chi connectivity index (χ3v) is 3.73. The van der Waals surface area contributed by atoms with E-state index in [1.807, 2.05) is 0 Å². The minimum Gasteiger partial charge on any atom is -0.383 e. The van der Waals surface area contributed by atoms with E-state index < -0.39 is 0 Å². The van der Waals surface area contributed by atoms with Crippen LogP contribution in [0.2, 0.25) is 0 Å². The Bertz CT molecular complexity index is 524. The molecule has 0 heterocycles. The topological polar surface area (TPSA) is 12.5 Å². The normalized spacial score (nSPS) is 13.1. The molecule has 2 rings (SSSR count). The molecule has 0 aliphatic heterocycles. The van der Waals surface area contributed by atoms with Crippen LogP contribution in [0.3, 0.4) is 0 Å². The maximum absolute atomic E-state index is 5.15. The van der Waals surface area contributed by atoms with Crippen molar-refractivity contribution in [3.05, 3.63) is 48.0 Å². The van der Waals surface area contributed by atoms with Gasteiger partial charge in [0.2, 0.25) is 0 Å². The van der Waals surface area contributed by atoms with Gasteiger partial charge in [0.05, 0.1) is 11.4 Å². The Morgan fingerprint density at radius 2 is 1.89 bits per heavy atom. The van der Waals surface area contributed by atoms with Crippen molar-refractivity contribution < 1.29 is 4.74 Å². The molecule has 2 aromatic carbocycles. The number of nitrogens with zero attached hydrogens (tertiary/aromatic N) is 1.